The molecule has 0 saturated heterocycles. The number of hydrogen-bond acceptors (Lipinski definition) is 4. The number of pyridine rings is 1. The van der Waals surface area contributed by atoms with Crippen molar-refractivity contribution in [2.45, 2.75) is 19.6 Å². The molecule has 0 N–H and O–H groups in total. The first-order valence-corrected chi connectivity index (χ1v) is 8.40. The fourth-order valence-electron chi connectivity index (χ4n) is 2.70. The molecule has 0 aliphatic rings. The number of carbonyl (C=O) groups is 2. The topological polar surface area (TPSA) is 59.5 Å². The van der Waals surface area contributed by atoms with Gasteiger partial charge in [-0.3, -0.25) is 4.79 Å². The average Bonchev–Trinajstić information content (AvgIpc) is 2.67. The molecule has 3 rings (SSSR count). The molecule has 3 aromatic rings. The van der Waals surface area contributed by atoms with Crippen molar-refractivity contribution in [3.05, 3.63) is 78.0 Å². The lowest BCUT2D eigenvalue weighted by Gasteiger charge is -2.21. The monoisotopic (exact) mass is 348 g/mol. The molecule has 0 aliphatic heterocycles. The highest BCUT2D eigenvalue weighted by atomic mass is 16.5. The van der Waals surface area contributed by atoms with E-state index in [0.29, 0.717) is 12.1 Å². The number of rotatable bonds is 5. The van der Waals surface area contributed by atoms with Crippen molar-refractivity contribution in [2.24, 2.45) is 0 Å². The van der Waals surface area contributed by atoms with Crippen molar-refractivity contribution < 1.29 is 14.3 Å². The van der Waals surface area contributed by atoms with Crippen LogP contribution in [0.3, 0.4) is 0 Å². The Bertz CT molecular complexity index is 925. The van der Waals surface area contributed by atoms with E-state index < -0.39 is 12.1 Å². The van der Waals surface area contributed by atoms with E-state index in [1.165, 1.54) is 0 Å². The van der Waals surface area contributed by atoms with E-state index in [1.54, 1.807) is 24.9 Å². The van der Waals surface area contributed by atoms with Crippen molar-refractivity contribution in [1.82, 2.24) is 9.88 Å². The molecule has 0 bridgehead atoms. The number of aromatic nitrogens is 1. The van der Waals surface area contributed by atoms with Crippen LogP contribution < -0.4 is 0 Å². The van der Waals surface area contributed by atoms with E-state index in [-0.39, 0.29) is 11.6 Å². The summed E-state index contributed by atoms with van der Waals surface area (Å²) in [5.41, 5.74) is 1.91. The van der Waals surface area contributed by atoms with E-state index in [4.69, 9.17) is 4.74 Å². The van der Waals surface area contributed by atoms with Crippen LogP contribution in [0.25, 0.3) is 10.9 Å². The van der Waals surface area contributed by atoms with Gasteiger partial charge in [0.05, 0.1) is 5.52 Å². The number of nitrogens with zero attached hydrogens (tertiary/aromatic N) is 2. The first-order chi connectivity index (χ1) is 12.5. The fourth-order valence-corrected chi connectivity index (χ4v) is 2.70. The van der Waals surface area contributed by atoms with Crippen molar-refractivity contribution in [1.29, 1.82) is 0 Å². The Hall–Kier alpha value is -3.21. The highest BCUT2D eigenvalue weighted by Crippen LogP contribution is 2.13. The first-order valence-electron chi connectivity index (χ1n) is 8.40. The Labute approximate surface area is 152 Å². The Morgan fingerprint density at radius 2 is 1.69 bits per heavy atom. The predicted octanol–water partition coefficient (Wildman–Crippen LogP) is 3.44. The maximum absolute atomic E-state index is 12.5. The Morgan fingerprint density at radius 3 is 2.46 bits per heavy atom. The second-order valence-electron chi connectivity index (χ2n) is 6.12. The molecule has 132 valence electrons. The smallest absolute Gasteiger partial charge is 0.357 e. The zero-order valence-corrected chi connectivity index (χ0v) is 14.8. The molecular weight excluding hydrogens is 328 g/mol. The lowest BCUT2D eigenvalue weighted by molar-refractivity contribution is -0.139. The average molecular weight is 348 g/mol. The van der Waals surface area contributed by atoms with E-state index in [2.05, 4.69) is 4.98 Å². The molecule has 0 fully saturated rings. The molecule has 0 aliphatic carbocycles. The number of para-hydroxylation sites is 1. The van der Waals surface area contributed by atoms with Crippen molar-refractivity contribution >= 4 is 22.8 Å². The lowest BCUT2D eigenvalue weighted by Crippen LogP contribution is -2.37. The molecule has 1 amide bonds. The number of benzene rings is 2. The van der Waals surface area contributed by atoms with Gasteiger partial charge in [-0.15, -0.1) is 0 Å². The van der Waals surface area contributed by atoms with Gasteiger partial charge >= 0.3 is 5.97 Å². The third-order valence-corrected chi connectivity index (χ3v) is 4.08. The summed E-state index contributed by atoms with van der Waals surface area (Å²) >= 11 is 0. The molecular formula is C21H20N2O3. The summed E-state index contributed by atoms with van der Waals surface area (Å²) in [5.74, 6) is -0.868. The van der Waals surface area contributed by atoms with E-state index in [1.807, 2.05) is 60.7 Å². The molecule has 26 heavy (non-hydrogen) atoms. The molecule has 1 heterocycles. The number of amides is 1. The lowest BCUT2D eigenvalue weighted by atomic mass is 10.2. The predicted molar refractivity (Wildman–Crippen MR) is 99.5 cm³/mol. The first kappa shape index (κ1) is 17.6. The Balaban J connectivity index is 1.64. The second-order valence-corrected chi connectivity index (χ2v) is 6.12. The van der Waals surface area contributed by atoms with Gasteiger partial charge in [-0.05, 0) is 24.6 Å². The van der Waals surface area contributed by atoms with Crippen molar-refractivity contribution in [2.75, 3.05) is 7.05 Å². The number of carbonyl (C=O) groups excluding carboxylic acids is 2. The van der Waals surface area contributed by atoms with Crippen molar-refractivity contribution in [3.8, 4) is 0 Å². The maximum Gasteiger partial charge on any atom is 0.357 e. The Kier molecular flexibility index (Phi) is 5.27. The van der Waals surface area contributed by atoms with Crippen LogP contribution in [0.2, 0.25) is 0 Å². The van der Waals surface area contributed by atoms with Gasteiger partial charge in [0.2, 0.25) is 0 Å². The molecule has 2 aromatic carbocycles. The van der Waals surface area contributed by atoms with Gasteiger partial charge in [0.25, 0.3) is 5.91 Å². The van der Waals surface area contributed by atoms with Gasteiger partial charge in [-0.25, -0.2) is 9.78 Å². The van der Waals surface area contributed by atoms with Crippen molar-refractivity contribution in [3.63, 3.8) is 0 Å². The quantitative estimate of drug-likeness (QED) is 0.663. The van der Waals surface area contributed by atoms with E-state index in [9.17, 15) is 9.59 Å². The molecule has 5 nitrogen and oxygen atoms in total. The van der Waals surface area contributed by atoms with Crippen LogP contribution in [-0.2, 0) is 16.1 Å². The van der Waals surface area contributed by atoms with Gasteiger partial charge in [0.1, 0.15) is 5.69 Å². The minimum Gasteiger partial charge on any atom is -0.448 e. The van der Waals surface area contributed by atoms with Crippen LogP contribution >= 0.6 is 0 Å². The van der Waals surface area contributed by atoms with Gasteiger partial charge in [0, 0.05) is 19.0 Å². The van der Waals surface area contributed by atoms with Crippen LogP contribution in [0.1, 0.15) is 23.0 Å². The summed E-state index contributed by atoms with van der Waals surface area (Å²) < 4.78 is 5.31. The number of ether oxygens (including phenoxy) is 1. The summed E-state index contributed by atoms with van der Waals surface area (Å²) in [5, 5.41) is 0.941. The van der Waals surface area contributed by atoms with E-state index in [0.717, 1.165) is 10.9 Å². The number of likely N-dealkylation sites (N-methyl/N-ethyl adjacent to an activating group) is 1. The Morgan fingerprint density at radius 1 is 1.00 bits per heavy atom. The third-order valence-electron chi connectivity index (χ3n) is 4.08. The minimum atomic E-state index is -0.885. The third kappa shape index (κ3) is 4.06. The van der Waals surface area contributed by atoms with Crippen LogP contribution in [0, 0.1) is 0 Å². The van der Waals surface area contributed by atoms with Crippen LogP contribution in [0.5, 0.6) is 0 Å². The standard InChI is InChI=1S/C21H20N2O3/c1-15(20(24)23(2)14-16-8-4-3-5-9-16)26-21(25)19-13-12-17-10-6-7-11-18(17)22-19/h3-13,15H,14H2,1-2H3/t15-/m1/s1. The highest BCUT2D eigenvalue weighted by Gasteiger charge is 2.23. The molecule has 0 saturated carbocycles. The molecule has 0 unspecified atom stereocenters. The summed E-state index contributed by atoms with van der Waals surface area (Å²) in [6.45, 7) is 2.03. The van der Waals surface area contributed by atoms with Gasteiger partial charge in [-0.1, -0.05) is 54.6 Å². The van der Waals surface area contributed by atoms with E-state index >= 15 is 0 Å². The van der Waals surface area contributed by atoms with Crippen LogP contribution in [-0.4, -0.2) is 34.9 Å². The molecule has 1 atom stereocenters. The molecule has 1 aromatic heterocycles. The molecule has 5 heteroatoms. The van der Waals surface area contributed by atoms with Crippen LogP contribution in [0.4, 0.5) is 0 Å². The highest BCUT2D eigenvalue weighted by molar-refractivity contribution is 5.93. The number of fused-ring (bicyclic) bond motifs is 1. The zero-order valence-electron chi connectivity index (χ0n) is 14.8. The normalized spacial score (nSPS) is 11.8. The maximum atomic E-state index is 12.5. The summed E-state index contributed by atoms with van der Waals surface area (Å²) in [4.78, 5) is 30.6. The molecule has 0 spiro atoms. The van der Waals surface area contributed by atoms with Gasteiger partial charge < -0.3 is 9.64 Å². The zero-order chi connectivity index (χ0) is 18.5. The SMILES string of the molecule is C[C@@H](OC(=O)c1ccc2ccccc2n1)C(=O)N(C)Cc1ccccc1. The second kappa shape index (κ2) is 7.78. The van der Waals surface area contributed by atoms with Gasteiger partial charge in [0.15, 0.2) is 6.10 Å². The summed E-state index contributed by atoms with van der Waals surface area (Å²) in [6.07, 6.45) is -0.885. The van der Waals surface area contributed by atoms with Gasteiger partial charge in [-0.2, -0.15) is 0 Å². The van der Waals surface area contributed by atoms with Crippen LogP contribution in [0.15, 0.2) is 66.7 Å². The summed E-state index contributed by atoms with van der Waals surface area (Å²) in [6, 6.07) is 20.6. The summed E-state index contributed by atoms with van der Waals surface area (Å²) in [7, 11) is 1.69. The molecule has 0 radical (unpaired) electrons. The fraction of sp³-hybridized carbons (Fsp3) is 0.190. The number of hydrogen-bond donors (Lipinski definition) is 0. The number of esters is 1. The minimum absolute atomic E-state index is 0.189. The largest absolute Gasteiger partial charge is 0.448 e.